The number of nitro benzene ring substituents is 1. The number of hydrogen-bond acceptors (Lipinski definition) is 3. The molecule has 2 aromatic carbocycles. The molecule has 9 heteroatoms. The van der Waals surface area contributed by atoms with Crippen LogP contribution >= 0.6 is 0 Å². The smallest absolute Gasteiger partial charge is 0.380 e. The Hall–Kier alpha value is -2.99. The second-order valence-corrected chi connectivity index (χ2v) is 7.92. The first kappa shape index (κ1) is 24.3. The van der Waals surface area contributed by atoms with Gasteiger partial charge in [-0.2, -0.15) is 17.6 Å². The van der Waals surface area contributed by atoms with Crippen LogP contribution in [-0.4, -0.2) is 21.8 Å². The highest BCUT2D eigenvalue weighted by Crippen LogP contribution is 2.43. The first-order valence-corrected chi connectivity index (χ1v) is 9.15. The Kier molecular flexibility index (Phi) is 6.76. The summed E-state index contributed by atoms with van der Waals surface area (Å²) in [6.45, 7) is 4.50. The van der Waals surface area contributed by atoms with Crippen LogP contribution in [0.25, 0.3) is 0 Å². The molecule has 0 radical (unpaired) electrons. The fraction of sp³-hybridized carbons (Fsp3) is 0.364. The van der Waals surface area contributed by atoms with Gasteiger partial charge in [0.25, 0.3) is 0 Å². The summed E-state index contributed by atoms with van der Waals surface area (Å²) in [5.74, 6) is 2.47. The number of halogens is 5. The molecule has 0 saturated heterocycles. The van der Waals surface area contributed by atoms with Crippen LogP contribution in [0.1, 0.15) is 43.4 Å². The number of hydrogen-bond donors (Lipinski definition) is 1. The molecule has 0 bridgehead atoms. The van der Waals surface area contributed by atoms with Gasteiger partial charge >= 0.3 is 11.9 Å². The van der Waals surface area contributed by atoms with E-state index >= 15 is 0 Å². The Bertz CT molecular complexity index is 1050. The molecule has 4 nitrogen and oxygen atoms in total. The van der Waals surface area contributed by atoms with Crippen molar-refractivity contribution in [2.24, 2.45) is 0 Å². The van der Waals surface area contributed by atoms with Gasteiger partial charge in [-0.3, -0.25) is 10.1 Å². The molecule has 1 unspecified atom stereocenters. The standard InChI is InChI=1S/C22H20F5NO3/c1-14-9-10-16(23)12-17(14)20(2,3)13-21(29,22(25,26)27)11-5-7-15-6-4-8-18(24)19(15)28(30)31/h4,6,8-10,12,29H,11,13H2,1-3H3. The molecular formula is C22H20F5NO3. The number of aryl methyl sites for hydroxylation is 1. The van der Waals surface area contributed by atoms with Crippen LogP contribution in [0.4, 0.5) is 27.6 Å². The maximum absolute atomic E-state index is 13.8. The van der Waals surface area contributed by atoms with Crippen molar-refractivity contribution in [3.8, 4) is 11.8 Å². The molecule has 31 heavy (non-hydrogen) atoms. The molecule has 0 amide bonds. The molecule has 1 atom stereocenters. The van der Waals surface area contributed by atoms with Gasteiger partial charge in [0.15, 0.2) is 5.60 Å². The third-order valence-electron chi connectivity index (χ3n) is 4.96. The number of aliphatic hydroxyl groups is 1. The summed E-state index contributed by atoms with van der Waals surface area (Å²) in [5, 5.41) is 21.5. The van der Waals surface area contributed by atoms with Crippen molar-refractivity contribution in [3.63, 3.8) is 0 Å². The largest absolute Gasteiger partial charge is 0.418 e. The molecule has 2 aromatic rings. The topological polar surface area (TPSA) is 63.4 Å². The van der Waals surface area contributed by atoms with E-state index in [0.717, 1.165) is 24.3 Å². The highest BCUT2D eigenvalue weighted by molar-refractivity contribution is 5.51. The van der Waals surface area contributed by atoms with E-state index in [1.165, 1.54) is 26.0 Å². The van der Waals surface area contributed by atoms with E-state index in [2.05, 4.69) is 11.8 Å². The summed E-state index contributed by atoms with van der Waals surface area (Å²) in [4.78, 5) is 9.98. The molecule has 166 valence electrons. The molecule has 0 aliphatic heterocycles. The van der Waals surface area contributed by atoms with Crippen LogP contribution in [0, 0.1) is 40.5 Å². The van der Waals surface area contributed by atoms with E-state index in [9.17, 15) is 37.2 Å². The van der Waals surface area contributed by atoms with Crippen LogP contribution in [0.2, 0.25) is 0 Å². The number of rotatable bonds is 5. The van der Waals surface area contributed by atoms with Gasteiger partial charge in [0, 0.05) is 6.42 Å². The fourth-order valence-corrected chi connectivity index (χ4v) is 3.50. The lowest BCUT2D eigenvalue weighted by Gasteiger charge is -2.37. The number of alkyl halides is 3. The minimum Gasteiger partial charge on any atom is -0.380 e. The molecule has 0 saturated carbocycles. The Balaban J connectivity index is 2.42. The van der Waals surface area contributed by atoms with Crippen LogP contribution in [0.3, 0.4) is 0 Å². The highest BCUT2D eigenvalue weighted by Gasteiger charge is 2.55. The number of benzene rings is 2. The Morgan fingerprint density at radius 1 is 1.13 bits per heavy atom. The lowest BCUT2D eigenvalue weighted by molar-refractivity contribution is -0.387. The van der Waals surface area contributed by atoms with Gasteiger partial charge < -0.3 is 5.11 Å². The van der Waals surface area contributed by atoms with Crippen molar-refractivity contribution in [2.75, 3.05) is 0 Å². The predicted molar refractivity (Wildman–Crippen MR) is 104 cm³/mol. The number of nitro groups is 1. The average Bonchev–Trinajstić information content (AvgIpc) is 2.62. The zero-order chi connectivity index (χ0) is 23.6. The SMILES string of the molecule is Cc1ccc(F)cc1C(C)(C)CC(O)(CC#Cc1cccc(F)c1[N+](=O)[O-])C(F)(F)F. The number of nitrogens with zero attached hydrogens (tertiary/aromatic N) is 1. The van der Waals surface area contributed by atoms with Crippen molar-refractivity contribution < 1.29 is 32.0 Å². The van der Waals surface area contributed by atoms with Gasteiger partial charge in [-0.25, -0.2) is 4.39 Å². The highest BCUT2D eigenvalue weighted by atomic mass is 19.4. The Morgan fingerprint density at radius 3 is 2.35 bits per heavy atom. The van der Waals surface area contributed by atoms with Gasteiger partial charge in [-0.05, 0) is 54.2 Å². The fourth-order valence-electron chi connectivity index (χ4n) is 3.50. The second kappa shape index (κ2) is 8.63. The zero-order valence-corrected chi connectivity index (χ0v) is 17.0. The summed E-state index contributed by atoms with van der Waals surface area (Å²) in [6.07, 6.45) is -7.04. The predicted octanol–water partition coefficient (Wildman–Crippen LogP) is 5.58. The van der Waals surface area contributed by atoms with Gasteiger partial charge in [0.1, 0.15) is 11.4 Å². The molecule has 0 aliphatic carbocycles. The van der Waals surface area contributed by atoms with Gasteiger partial charge in [0.05, 0.1) is 4.92 Å². The van der Waals surface area contributed by atoms with E-state index in [4.69, 9.17) is 0 Å². The molecular weight excluding hydrogens is 421 g/mol. The Morgan fingerprint density at radius 2 is 1.77 bits per heavy atom. The maximum atomic E-state index is 13.8. The quantitative estimate of drug-likeness (QED) is 0.285. The minimum atomic E-state index is -5.09. The zero-order valence-electron chi connectivity index (χ0n) is 17.0. The average molecular weight is 441 g/mol. The van der Waals surface area contributed by atoms with Crippen molar-refractivity contribution in [3.05, 3.63) is 74.8 Å². The first-order valence-electron chi connectivity index (χ1n) is 9.15. The minimum absolute atomic E-state index is 0.295. The Labute approximate surface area is 175 Å². The third kappa shape index (κ3) is 5.39. The molecule has 2 rings (SSSR count). The van der Waals surface area contributed by atoms with E-state index in [0.29, 0.717) is 11.1 Å². The van der Waals surface area contributed by atoms with E-state index in [-0.39, 0.29) is 0 Å². The summed E-state index contributed by atoms with van der Waals surface area (Å²) < 4.78 is 68.6. The van der Waals surface area contributed by atoms with Crippen LogP contribution in [0.5, 0.6) is 0 Å². The lowest BCUT2D eigenvalue weighted by atomic mass is 9.72. The van der Waals surface area contributed by atoms with Crippen LogP contribution < -0.4 is 0 Å². The summed E-state index contributed by atoms with van der Waals surface area (Å²) in [5.41, 5.74) is -5.09. The molecule has 0 aromatic heterocycles. The lowest BCUT2D eigenvalue weighted by Crippen LogP contribution is -2.49. The van der Waals surface area contributed by atoms with Crippen LogP contribution in [0.15, 0.2) is 36.4 Å². The van der Waals surface area contributed by atoms with Gasteiger partial charge in [-0.15, -0.1) is 0 Å². The molecule has 0 spiro atoms. The molecule has 0 aliphatic rings. The first-order chi connectivity index (χ1) is 14.2. The van der Waals surface area contributed by atoms with Gasteiger partial charge in [-0.1, -0.05) is 37.8 Å². The summed E-state index contributed by atoms with van der Waals surface area (Å²) in [6, 6.07) is 6.80. The summed E-state index contributed by atoms with van der Waals surface area (Å²) >= 11 is 0. The molecule has 0 heterocycles. The van der Waals surface area contributed by atoms with Crippen molar-refractivity contribution in [2.45, 2.75) is 50.8 Å². The van der Waals surface area contributed by atoms with Crippen molar-refractivity contribution in [1.82, 2.24) is 0 Å². The van der Waals surface area contributed by atoms with E-state index in [1.807, 2.05) is 0 Å². The molecule has 0 fully saturated rings. The van der Waals surface area contributed by atoms with Crippen molar-refractivity contribution in [1.29, 1.82) is 0 Å². The van der Waals surface area contributed by atoms with Crippen molar-refractivity contribution >= 4 is 5.69 Å². The van der Waals surface area contributed by atoms with Crippen LogP contribution in [-0.2, 0) is 5.41 Å². The van der Waals surface area contributed by atoms with E-state index in [1.54, 1.807) is 6.92 Å². The molecule has 1 N–H and O–H groups in total. The third-order valence-corrected chi connectivity index (χ3v) is 4.96. The normalized spacial score (nSPS) is 13.8. The van der Waals surface area contributed by atoms with Gasteiger partial charge in [0.2, 0.25) is 5.82 Å². The second-order valence-electron chi connectivity index (χ2n) is 7.92. The number of para-hydroxylation sites is 1. The maximum Gasteiger partial charge on any atom is 0.418 e. The summed E-state index contributed by atoms with van der Waals surface area (Å²) in [7, 11) is 0. The van der Waals surface area contributed by atoms with E-state index < -0.39 is 57.8 Å². The monoisotopic (exact) mass is 441 g/mol.